The lowest BCUT2D eigenvalue weighted by atomic mass is 10.2. The van der Waals surface area contributed by atoms with Crippen molar-refractivity contribution in [2.45, 2.75) is 25.4 Å². The number of amides is 1. The van der Waals surface area contributed by atoms with E-state index in [1.165, 1.54) is 18.4 Å². The van der Waals surface area contributed by atoms with E-state index in [9.17, 15) is 4.79 Å². The molecule has 1 saturated heterocycles. The molecule has 0 radical (unpaired) electrons. The van der Waals surface area contributed by atoms with Gasteiger partial charge >= 0.3 is 0 Å². The van der Waals surface area contributed by atoms with Gasteiger partial charge in [-0.25, -0.2) is 0 Å². The highest BCUT2D eigenvalue weighted by atomic mass is 16.5. The van der Waals surface area contributed by atoms with Crippen molar-refractivity contribution in [2.24, 2.45) is 11.5 Å². The van der Waals surface area contributed by atoms with Gasteiger partial charge in [-0.15, -0.1) is 0 Å². The van der Waals surface area contributed by atoms with Crippen LogP contribution >= 0.6 is 0 Å². The Hall–Kier alpha value is -1.59. The van der Waals surface area contributed by atoms with Crippen molar-refractivity contribution < 1.29 is 9.53 Å². The van der Waals surface area contributed by atoms with Crippen molar-refractivity contribution in [1.29, 1.82) is 0 Å². The van der Waals surface area contributed by atoms with Gasteiger partial charge in [-0.05, 0) is 37.1 Å². The summed E-state index contributed by atoms with van der Waals surface area (Å²) in [6, 6.07) is 8.27. The van der Waals surface area contributed by atoms with Crippen molar-refractivity contribution in [2.75, 3.05) is 19.7 Å². The van der Waals surface area contributed by atoms with Crippen LogP contribution in [0.15, 0.2) is 24.3 Å². The Balaban J connectivity index is 1.89. The molecule has 2 rings (SSSR count). The van der Waals surface area contributed by atoms with E-state index in [1.54, 1.807) is 0 Å². The van der Waals surface area contributed by atoms with E-state index in [2.05, 4.69) is 4.90 Å². The smallest absolute Gasteiger partial charge is 0.255 e. The van der Waals surface area contributed by atoms with Gasteiger partial charge in [0.2, 0.25) is 0 Å². The molecule has 0 bridgehead atoms. The second-order valence-corrected chi connectivity index (χ2v) is 4.90. The first-order valence-electron chi connectivity index (χ1n) is 6.63. The molecule has 0 saturated carbocycles. The number of primary amides is 1. The fraction of sp³-hybridized carbons (Fsp3) is 0.500. The Morgan fingerprint density at radius 3 is 2.74 bits per heavy atom. The zero-order chi connectivity index (χ0) is 13.7. The quantitative estimate of drug-likeness (QED) is 0.782. The third kappa shape index (κ3) is 3.94. The van der Waals surface area contributed by atoms with Crippen LogP contribution in [-0.4, -0.2) is 36.5 Å². The SMILES string of the molecule is NCC1CCCN1Cc1ccc(OCC(N)=O)cc1. The second-order valence-electron chi connectivity index (χ2n) is 4.90. The summed E-state index contributed by atoms with van der Waals surface area (Å²) < 4.78 is 5.23. The van der Waals surface area contributed by atoms with E-state index in [0.717, 1.165) is 19.6 Å². The van der Waals surface area contributed by atoms with Crippen LogP contribution < -0.4 is 16.2 Å². The minimum absolute atomic E-state index is 0.0826. The number of carbonyl (C=O) groups excluding carboxylic acids is 1. The molecule has 1 aliphatic rings. The number of benzene rings is 1. The summed E-state index contributed by atoms with van der Waals surface area (Å²) in [5.74, 6) is 0.200. The summed E-state index contributed by atoms with van der Waals surface area (Å²) in [5.41, 5.74) is 12.0. The first kappa shape index (κ1) is 13.8. The van der Waals surface area contributed by atoms with E-state index < -0.39 is 5.91 Å². The summed E-state index contributed by atoms with van der Waals surface area (Å²) in [6.07, 6.45) is 2.41. The summed E-state index contributed by atoms with van der Waals surface area (Å²) in [5, 5.41) is 0. The molecule has 19 heavy (non-hydrogen) atoms. The van der Waals surface area contributed by atoms with Crippen molar-refractivity contribution in [3.63, 3.8) is 0 Å². The van der Waals surface area contributed by atoms with Crippen molar-refractivity contribution in [1.82, 2.24) is 4.90 Å². The van der Waals surface area contributed by atoms with Crippen LogP contribution in [0, 0.1) is 0 Å². The lowest BCUT2D eigenvalue weighted by molar-refractivity contribution is -0.119. The van der Waals surface area contributed by atoms with E-state index >= 15 is 0 Å². The molecular weight excluding hydrogens is 242 g/mol. The van der Waals surface area contributed by atoms with E-state index in [1.807, 2.05) is 24.3 Å². The van der Waals surface area contributed by atoms with Crippen molar-refractivity contribution in [3.05, 3.63) is 29.8 Å². The molecule has 5 heteroatoms. The molecule has 1 atom stereocenters. The van der Waals surface area contributed by atoms with Gasteiger partial charge in [0.05, 0.1) is 0 Å². The van der Waals surface area contributed by atoms with E-state index in [0.29, 0.717) is 11.8 Å². The minimum Gasteiger partial charge on any atom is -0.484 e. The number of hydrogen-bond acceptors (Lipinski definition) is 4. The minimum atomic E-state index is -0.466. The van der Waals surface area contributed by atoms with Gasteiger partial charge in [-0.2, -0.15) is 0 Å². The third-order valence-electron chi connectivity index (χ3n) is 3.46. The Kier molecular flexibility index (Phi) is 4.76. The van der Waals surface area contributed by atoms with Crippen LogP contribution in [0.3, 0.4) is 0 Å². The molecule has 1 aliphatic heterocycles. The van der Waals surface area contributed by atoms with Gasteiger partial charge < -0.3 is 16.2 Å². The number of nitrogens with zero attached hydrogens (tertiary/aromatic N) is 1. The van der Waals surface area contributed by atoms with Crippen LogP contribution in [0.4, 0.5) is 0 Å². The highest BCUT2D eigenvalue weighted by Gasteiger charge is 2.22. The average molecular weight is 263 g/mol. The molecule has 0 spiro atoms. The second kappa shape index (κ2) is 6.54. The molecule has 5 nitrogen and oxygen atoms in total. The maximum atomic E-state index is 10.6. The predicted molar refractivity (Wildman–Crippen MR) is 73.6 cm³/mol. The van der Waals surface area contributed by atoms with Gasteiger partial charge in [0, 0.05) is 19.1 Å². The van der Waals surface area contributed by atoms with Gasteiger partial charge in [0.25, 0.3) is 5.91 Å². The largest absolute Gasteiger partial charge is 0.484 e. The predicted octanol–water partition coefficient (Wildman–Crippen LogP) is 0.474. The maximum Gasteiger partial charge on any atom is 0.255 e. The standard InChI is InChI=1S/C14H21N3O2/c15-8-12-2-1-7-17(12)9-11-3-5-13(6-4-11)19-10-14(16)18/h3-6,12H,1-2,7-10,15H2,(H2,16,18). The van der Waals surface area contributed by atoms with Gasteiger partial charge in [-0.1, -0.05) is 12.1 Å². The molecule has 1 unspecified atom stereocenters. The molecule has 1 heterocycles. The Labute approximate surface area is 113 Å². The van der Waals surface area contributed by atoms with Crippen molar-refractivity contribution in [3.8, 4) is 5.75 Å². The van der Waals surface area contributed by atoms with Gasteiger partial charge in [0.15, 0.2) is 6.61 Å². The number of ether oxygens (including phenoxy) is 1. The summed E-state index contributed by atoms with van der Waals surface area (Å²) in [7, 11) is 0. The highest BCUT2D eigenvalue weighted by molar-refractivity contribution is 5.75. The molecule has 0 aliphatic carbocycles. The zero-order valence-corrected chi connectivity index (χ0v) is 11.0. The normalized spacial score (nSPS) is 19.5. The summed E-state index contributed by atoms with van der Waals surface area (Å²) in [6.45, 7) is 2.67. The van der Waals surface area contributed by atoms with E-state index in [-0.39, 0.29) is 6.61 Å². The van der Waals surface area contributed by atoms with Crippen molar-refractivity contribution >= 4 is 5.91 Å². The molecule has 1 amide bonds. The Bertz CT molecular complexity index is 419. The molecule has 4 N–H and O–H groups in total. The Morgan fingerprint density at radius 2 is 2.11 bits per heavy atom. The van der Waals surface area contributed by atoms with Crippen LogP contribution in [0.1, 0.15) is 18.4 Å². The first-order chi connectivity index (χ1) is 9.19. The first-order valence-corrected chi connectivity index (χ1v) is 6.63. The topological polar surface area (TPSA) is 81.6 Å². The fourth-order valence-electron chi connectivity index (χ4n) is 2.45. The number of rotatable bonds is 6. The van der Waals surface area contributed by atoms with Crippen LogP contribution in [0.2, 0.25) is 0 Å². The fourth-order valence-corrected chi connectivity index (χ4v) is 2.45. The number of likely N-dealkylation sites (tertiary alicyclic amines) is 1. The van der Waals surface area contributed by atoms with Crippen LogP contribution in [0.5, 0.6) is 5.75 Å². The third-order valence-corrected chi connectivity index (χ3v) is 3.46. The van der Waals surface area contributed by atoms with Crippen LogP contribution in [-0.2, 0) is 11.3 Å². The maximum absolute atomic E-state index is 10.6. The van der Waals surface area contributed by atoms with Gasteiger partial charge in [-0.3, -0.25) is 9.69 Å². The molecule has 104 valence electrons. The lowest BCUT2D eigenvalue weighted by Gasteiger charge is -2.23. The number of carbonyl (C=O) groups is 1. The van der Waals surface area contributed by atoms with Gasteiger partial charge in [0.1, 0.15) is 5.75 Å². The molecule has 1 aromatic carbocycles. The molecule has 0 aromatic heterocycles. The molecular formula is C14H21N3O2. The number of nitrogens with two attached hydrogens (primary N) is 2. The monoisotopic (exact) mass is 263 g/mol. The summed E-state index contributed by atoms with van der Waals surface area (Å²) in [4.78, 5) is 13.0. The average Bonchev–Trinajstić information content (AvgIpc) is 2.85. The Morgan fingerprint density at radius 1 is 1.37 bits per heavy atom. The van der Waals surface area contributed by atoms with E-state index in [4.69, 9.17) is 16.2 Å². The lowest BCUT2D eigenvalue weighted by Crippen LogP contribution is -2.34. The molecule has 1 fully saturated rings. The highest BCUT2D eigenvalue weighted by Crippen LogP contribution is 2.20. The summed E-state index contributed by atoms with van der Waals surface area (Å²) >= 11 is 0. The zero-order valence-electron chi connectivity index (χ0n) is 11.0. The van der Waals surface area contributed by atoms with Crippen LogP contribution in [0.25, 0.3) is 0 Å². The molecule has 1 aromatic rings. The number of hydrogen-bond donors (Lipinski definition) is 2.